The van der Waals surface area contributed by atoms with Crippen LogP contribution >= 0.6 is 35.6 Å². The van der Waals surface area contributed by atoms with E-state index in [0.29, 0.717) is 30.2 Å². The second kappa shape index (κ2) is 12.5. The highest BCUT2D eigenvalue weighted by molar-refractivity contribution is 14.0. The zero-order valence-corrected chi connectivity index (χ0v) is 17.8. The lowest BCUT2D eigenvalue weighted by atomic mass is 10.2. The van der Waals surface area contributed by atoms with E-state index in [2.05, 4.69) is 20.9 Å². The van der Waals surface area contributed by atoms with Gasteiger partial charge in [-0.1, -0.05) is 54.1 Å². The summed E-state index contributed by atoms with van der Waals surface area (Å²) >= 11 is 6.02. The molecule has 0 aliphatic carbocycles. The zero-order chi connectivity index (χ0) is 17.9. The van der Waals surface area contributed by atoms with E-state index in [9.17, 15) is 4.79 Å². The molecular formula is C19H24ClIN4O. The van der Waals surface area contributed by atoms with Crippen LogP contribution in [0, 0.1) is 0 Å². The highest BCUT2D eigenvalue weighted by Gasteiger charge is 2.08. The number of benzene rings is 2. The molecule has 1 amide bonds. The molecule has 5 nitrogen and oxygen atoms in total. The van der Waals surface area contributed by atoms with Gasteiger partial charge in [0, 0.05) is 19.6 Å². The van der Waals surface area contributed by atoms with Crippen LogP contribution in [0.5, 0.6) is 0 Å². The largest absolute Gasteiger partial charge is 0.357 e. The van der Waals surface area contributed by atoms with Crippen LogP contribution in [0.4, 0.5) is 0 Å². The van der Waals surface area contributed by atoms with Gasteiger partial charge in [0.05, 0.1) is 17.1 Å². The van der Waals surface area contributed by atoms with Crippen LogP contribution in [0.1, 0.15) is 22.8 Å². The summed E-state index contributed by atoms with van der Waals surface area (Å²) in [7, 11) is 0. The number of aliphatic imine (C=N–C) groups is 1. The molecule has 0 saturated heterocycles. The molecule has 0 spiro atoms. The lowest BCUT2D eigenvalue weighted by molar-refractivity contribution is 0.0954. The maximum absolute atomic E-state index is 12.1. The average molecular weight is 487 g/mol. The van der Waals surface area contributed by atoms with Gasteiger partial charge in [0.25, 0.3) is 5.91 Å². The number of nitrogens with one attached hydrogen (secondary N) is 3. The van der Waals surface area contributed by atoms with Crippen molar-refractivity contribution in [1.29, 1.82) is 0 Å². The number of hydrogen-bond acceptors (Lipinski definition) is 2. The molecule has 0 aliphatic rings. The Kier molecular flexibility index (Phi) is 10.7. The third-order valence-corrected chi connectivity index (χ3v) is 3.76. The number of rotatable bonds is 7. The summed E-state index contributed by atoms with van der Waals surface area (Å²) in [4.78, 5) is 16.6. The molecule has 0 aromatic heterocycles. The van der Waals surface area contributed by atoms with Crippen LogP contribution < -0.4 is 16.0 Å². The number of halogens is 2. The first-order chi connectivity index (χ1) is 12.2. The highest BCUT2D eigenvalue weighted by atomic mass is 127. The van der Waals surface area contributed by atoms with E-state index in [4.69, 9.17) is 11.6 Å². The van der Waals surface area contributed by atoms with Gasteiger partial charge >= 0.3 is 0 Å². The van der Waals surface area contributed by atoms with Gasteiger partial charge in [-0.2, -0.15) is 0 Å². The molecule has 2 aromatic rings. The molecule has 2 aromatic carbocycles. The third kappa shape index (κ3) is 7.61. The Morgan fingerprint density at radius 1 is 0.962 bits per heavy atom. The maximum atomic E-state index is 12.1. The Balaban J connectivity index is 0.00000338. The van der Waals surface area contributed by atoms with Gasteiger partial charge in [0.15, 0.2) is 5.96 Å². The molecule has 0 aliphatic heterocycles. The van der Waals surface area contributed by atoms with E-state index in [1.54, 1.807) is 24.3 Å². The Hall–Kier alpha value is -1.80. The Bertz CT molecular complexity index is 710. The van der Waals surface area contributed by atoms with Crippen LogP contribution in [0.3, 0.4) is 0 Å². The molecule has 0 fully saturated rings. The smallest absolute Gasteiger partial charge is 0.252 e. The molecule has 7 heteroatoms. The molecule has 0 unspecified atom stereocenters. The van der Waals surface area contributed by atoms with Crippen molar-refractivity contribution in [3.8, 4) is 0 Å². The van der Waals surface area contributed by atoms with Crippen molar-refractivity contribution in [2.24, 2.45) is 4.99 Å². The number of nitrogens with zero attached hydrogens (tertiary/aromatic N) is 1. The highest BCUT2D eigenvalue weighted by Crippen LogP contribution is 2.14. The van der Waals surface area contributed by atoms with Crippen molar-refractivity contribution < 1.29 is 4.79 Å². The van der Waals surface area contributed by atoms with E-state index in [1.807, 2.05) is 37.3 Å². The minimum atomic E-state index is -0.182. The monoisotopic (exact) mass is 486 g/mol. The topological polar surface area (TPSA) is 65.5 Å². The van der Waals surface area contributed by atoms with Crippen molar-refractivity contribution in [3.63, 3.8) is 0 Å². The van der Waals surface area contributed by atoms with Gasteiger partial charge < -0.3 is 16.0 Å². The lowest BCUT2D eigenvalue weighted by Crippen LogP contribution is -2.41. The first kappa shape index (κ1) is 22.2. The third-order valence-electron chi connectivity index (χ3n) is 3.43. The molecule has 3 N–H and O–H groups in total. The van der Waals surface area contributed by atoms with Gasteiger partial charge in [0.2, 0.25) is 0 Å². The van der Waals surface area contributed by atoms with Gasteiger partial charge in [-0.25, -0.2) is 4.99 Å². The molecular weight excluding hydrogens is 463 g/mol. The summed E-state index contributed by atoms with van der Waals surface area (Å²) in [6, 6.07) is 17.0. The summed E-state index contributed by atoms with van der Waals surface area (Å²) in [5, 5.41) is 9.68. The maximum Gasteiger partial charge on any atom is 0.252 e. The summed E-state index contributed by atoms with van der Waals surface area (Å²) in [5.41, 5.74) is 1.63. The number of hydrogen-bond donors (Lipinski definition) is 3. The molecule has 26 heavy (non-hydrogen) atoms. The summed E-state index contributed by atoms with van der Waals surface area (Å²) in [6.07, 6.45) is 0. The van der Waals surface area contributed by atoms with E-state index < -0.39 is 0 Å². The van der Waals surface area contributed by atoms with Crippen LogP contribution in [-0.2, 0) is 6.54 Å². The van der Waals surface area contributed by atoms with Crippen molar-refractivity contribution in [1.82, 2.24) is 16.0 Å². The summed E-state index contributed by atoms with van der Waals surface area (Å²) < 4.78 is 0. The van der Waals surface area contributed by atoms with E-state index >= 15 is 0 Å². The van der Waals surface area contributed by atoms with E-state index in [0.717, 1.165) is 18.1 Å². The lowest BCUT2D eigenvalue weighted by Gasteiger charge is -2.12. The van der Waals surface area contributed by atoms with Crippen molar-refractivity contribution in [3.05, 3.63) is 70.7 Å². The Labute approximate surface area is 176 Å². The van der Waals surface area contributed by atoms with Crippen LogP contribution in [-0.4, -0.2) is 31.5 Å². The normalized spacial score (nSPS) is 10.6. The van der Waals surface area contributed by atoms with E-state index in [-0.39, 0.29) is 29.9 Å². The zero-order valence-electron chi connectivity index (χ0n) is 14.7. The van der Waals surface area contributed by atoms with Gasteiger partial charge in [-0.15, -0.1) is 24.0 Å². The molecule has 0 radical (unpaired) electrons. The second-order valence-electron chi connectivity index (χ2n) is 5.34. The fourth-order valence-corrected chi connectivity index (χ4v) is 2.41. The summed E-state index contributed by atoms with van der Waals surface area (Å²) in [5.74, 6) is 0.539. The van der Waals surface area contributed by atoms with Crippen LogP contribution in [0.25, 0.3) is 0 Å². The SMILES string of the molecule is CCNC(=NCc1ccccc1)NCCNC(=O)c1ccccc1Cl.I. The fraction of sp³-hybridized carbons (Fsp3) is 0.263. The fourth-order valence-electron chi connectivity index (χ4n) is 2.19. The van der Waals surface area contributed by atoms with Crippen molar-refractivity contribution in [2.45, 2.75) is 13.5 Å². The van der Waals surface area contributed by atoms with Gasteiger partial charge in [-0.3, -0.25) is 4.79 Å². The Morgan fingerprint density at radius 2 is 1.62 bits per heavy atom. The number of carbonyl (C=O) groups is 1. The van der Waals surface area contributed by atoms with Crippen molar-refractivity contribution in [2.75, 3.05) is 19.6 Å². The van der Waals surface area contributed by atoms with Gasteiger partial charge in [-0.05, 0) is 24.6 Å². The molecule has 0 heterocycles. The molecule has 140 valence electrons. The minimum Gasteiger partial charge on any atom is -0.357 e. The van der Waals surface area contributed by atoms with Crippen LogP contribution in [0.15, 0.2) is 59.6 Å². The molecule has 0 atom stereocenters. The van der Waals surface area contributed by atoms with Crippen molar-refractivity contribution >= 4 is 47.4 Å². The predicted molar refractivity (Wildman–Crippen MR) is 118 cm³/mol. The second-order valence-corrected chi connectivity index (χ2v) is 5.75. The number of guanidine groups is 1. The minimum absolute atomic E-state index is 0. The molecule has 0 saturated carbocycles. The Morgan fingerprint density at radius 3 is 2.31 bits per heavy atom. The van der Waals surface area contributed by atoms with Gasteiger partial charge in [0.1, 0.15) is 0 Å². The number of carbonyl (C=O) groups excluding carboxylic acids is 1. The molecule has 0 bridgehead atoms. The number of amides is 1. The average Bonchev–Trinajstić information content (AvgIpc) is 2.64. The molecule has 2 rings (SSSR count). The van der Waals surface area contributed by atoms with E-state index in [1.165, 1.54) is 0 Å². The predicted octanol–water partition coefficient (Wildman–Crippen LogP) is 3.44. The first-order valence-corrected chi connectivity index (χ1v) is 8.67. The van der Waals surface area contributed by atoms with Crippen LogP contribution in [0.2, 0.25) is 5.02 Å². The standard InChI is InChI=1S/C19H23ClN4O.HI/c1-2-21-19(24-14-15-8-4-3-5-9-15)23-13-12-22-18(25)16-10-6-7-11-17(16)20;/h3-11H,2,12-14H2,1H3,(H,22,25)(H2,21,23,24);1H. The quantitative estimate of drug-likeness (QED) is 0.243. The summed E-state index contributed by atoms with van der Waals surface area (Å²) in [6.45, 7) is 4.42. The first-order valence-electron chi connectivity index (χ1n) is 8.29.